The van der Waals surface area contributed by atoms with Gasteiger partial charge in [-0.3, -0.25) is 19.2 Å². The first kappa shape index (κ1) is 31.0. The van der Waals surface area contributed by atoms with Crippen LogP contribution in [0, 0.1) is 0 Å². The summed E-state index contributed by atoms with van der Waals surface area (Å²) in [7, 11) is 0. The minimum absolute atomic E-state index is 0.106. The molecule has 4 aromatic rings. The quantitative estimate of drug-likeness (QED) is 0.183. The van der Waals surface area contributed by atoms with Crippen LogP contribution in [0.1, 0.15) is 58.2 Å². The topological polar surface area (TPSA) is 158 Å². The van der Waals surface area contributed by atoms with E-state index in [4.69, 9.17) is 27.6 Å². The summed E-state index contributed by atoms with van der Waals surface area (Å²) in [6, 6.07) is 12.5. The normalized spacial score (nSPS) is 15.2. The Morgan fingerprint density at radius 2 is 1.77 bits per heavy atom. The molecule has 1 saturated heterocycles. The predicted octanol–water partition coefficient (Wildman–Crippen LogP) is 4.99. The van der Waals surface area contributed by atoms with E-state index >= 15 is 0 Å². The molecule has 11 nitrogen and oxygen atoms in total. The molecule has 228 valence electrons. The molecule has 0 spiro atoms. The molecule has 13 heteroatoms. The minimum Gasteiger partial charge on any atom is -0.481 e. The summed E-state index contributed by atoms with van der Waals surface area (Å²) in [6.45, 7) is 0.306. The zero-order valence-electron chi connectivity index (χ0n) is 23.5. The number of carbonyl (C=O) groups is 4. The summed E-state index contributed by atoms with van der Waals surface area (Å²) in [5.41, 5.74) is 2.35. The number of Topliss-reactive ketones (excluding diaryl/α,β-unsaturated/α-hetero) is 1. The van der Waals surface area contributed by atoms with Gasteiger partial charge in [0, 0.05) is 18.4 Å². The SMILES string of the molecule is O=C(O)C[C@H](NC(=O)[C@@H]1CCCN1C(=O)c1ncc(CCCc2ccccc2)[nH]1)C(=O)c1ncc(-c2c(Cl)cccc2Cl)o1. The zero-order chi connectivity index (χ0) is 31.2. The maximum Gasteiger partial charge on any atom is 0.305 e. The van der Waals surface area contributed by atoms with Gasteiger partial charge in [-0.25, -0.2) is 9.97 Å². The third-order valence-electron chi connectivity index (χ3n) is 7.34. The van der Waals surface area contributed by atoms with Crippen LogP contribution in [0.15, 0.2) is 65.3 Å². The number of imidazole rings is 1. The van der Waals surface area contributed by atoms with Crippen molar-refractivity contribution in [2.24, 2.45) is 0 Å². The van der Waals surface area contributed by atoms with Crippen LogP contribution in [0.3, 0.4) is 0 Å². The Morgan fingerprint density at radius 3 is 2.50 bits per heavy atom. The number of ketones is 1. The number of aromatic nitrogens is 3. The lowest BCUT2D eigenvalue weighted by molar-refractivity contribution is -0.137. The summed E-state index contributed by atoms with van der Waals surface area (Å²) < 4.78 is 5.58. The van der Waals surface area contributed by atoms with E-state index in [0.29, 0.717) is 31.4 Å². The molecule has 2 aromatic carbocycles. The highest BCUT2D eigenvalue weighted by Gasteiger charge is 2.38. The van der Waals surface area contributed by atoms with Gasteiger partial charge in [-0.15, -0.1) is 0 Å². The molecule has 5 rings (SSSR count). The molecule has 2 atom stereocenters. The van der Waals surface area contributed by atoms with Gasteiger partial charge in [-0.1, -0.05) is 59.6 Å². The number of aliphatic carboxylic acids is 1. The number of amides is 2. The van der Waals surface area contributed by atoms with Crippen LogP contribution in [0.4, 0.5) is 0 Å². The molecule has 1 aliphatic rings. The number of rotatable bonds is 12. The molecular weight excluding hydrogens is 609 g/mol. The van der Waals surface area contributed by atoms with Gasteiger partial charge in [-0.2, -0.15) is 0 Å². The van der Waals surface area contributed by atoms with Crippen LogP contribution in [-0.2, 0) is 22.4 Å². The number of carbonyl (C=O) groups excluding carboxylic acids is 3. The second-order valence-corrected chi connectivity index (χ2v) is 11.2. The van der Waals surface area contributed by atoms with Crippen molar-refractivity contribution in [2.75, 3.05) is 6.54 Å². The number of aryl methyl sites for hydroxylation is 2. The highest BCUT2D eigenvalue weighted by atomic mass is 35.5. The summed E-state index contributed by atoms with van der Waals surface area (Å²) in [4.78, 5) is 64.2. The number of carboxylic acids is 1. The van der Waals surface area contributed by atoms with Crippen LogP contribution in [-0.4, -0.2) is 67.2 Å². The zero-order valence-corrected chi connectivity index (χ0v) is 25.0. The number of aromatic amines is 1. The number of H-pyrrole nitrogens is 1. The molecule has 0 saturated carbocycles. The van der Waals surface area contributed by atoms with Crippen molar-refractivity contribution >= 4 is 46.8 Å². The monoisotopic (exact) mass is 637 g/mol. The predicted molar refractivity (Wildman–Crippen MR) is 162 cm³/mol. The van der Waals surface area contributed by atoms with Gasteiger partial charge in [0.25, 0.3) is 11.8 Å². The molecule has 3 N–H and O–H groups in total. The van der Waals surface area contributed by atoms with E-state index in [1.807, 2.05) is 18.2 Å². The van der Waals surface area contributed by atoms with Crippen LogP contribution < -0.4 is 5.32 Å². The molecule has 2 aromatic heterocycles. The fourth-order valence-corrected chi connectivity index (χ4v) is 5.76. The number of nitrogens with one attached hydrogen (secondary N) is 2. The van der Waals surface area contributed by atoms with E-state index in [1.54, 1.807) is 24.4 Å². The number of benzene rings is 2. The fraction of sp³-hybridized carbons (Fsp3) is 0.290. The Balaban J connectivity index is 1.24. The summed E-state index contributed by atoms with van der Waals surface area (Å²) in [5, 5.41) is 12.5. The van der Waals surface area contributed by atoms with E-state index < -0.39 is 48.0 Å². The van der Waals surface area contributed by atoms with Crippen molar-refractivity contribution in [1.29, 1.82) is 0 Å². The maximum atomic E-state index is 13.3. The number of hydrogen-bond donors (Lipinski definition) is 3. The fourth-order valence-electron chi connectivity index (χ4n) is 5.18. The first-order chi connectivity index (χ1) is 21.2. The second-order valence-electron chi connectivity index (χ2n) is 10.4. The maximum absolute atomic E-state index is 13.3. The number of nitrogens with zero attached hydrogens (tertiary/aromatic N) is 3. The smallest absolute Gasteiger partial charge is 0.305 e. The molecule has 1 aliphatic heterocycles. The Kier molecular flexibility index (Phi) is 9.76. The van der Waals surface area contributed by atoms with Gasteiger partial charge in [0.1, 0.15) is 12.1 Å². The summed E-state index contributed by atoms with van der Waals surface area (Å²) >= 11 is 12.5. The molecular formula is C31H29Cl2N5O6. The Hall–Kier alpha value is -4.48. The summed E-state index contributed by atoms with van der Waals surface area (Å²) in [6.07, 6.45) is 5.48. The van der Waals surface area contributed by atoms with Crippen LogP contribution in [0.2, 0.25) is 10.0 Å². The first-order valence-corrected chi connectivity index (χ1v) is 14.8. The average molecular weight is 639 g/mol. The Bertz CT molecular complexity index is 1650. The van der Waals surface area contributed by atoms with Gasteiger partial charge >= 0.3 is 5.97 Å². The minimum atomic E-state index is -1.49. The van der Waals surface area contributed by atoms with Gasteiger partial charge < -0.3 is 24.7 Å². The third kappa shape index (κ3) is 7.17. The van der Waals surface area contributed by atoms with Crippen LogP contribution in [0.25, 0.3) is 11.3 Å². The van der Waals surface area contributed by atoms with E-state index in [2.05, 4.69) is 32.4 Å². The molecule has 0 bridgehead atoms. The average Bonchev–Trinajstić information content (AvgIpc) is 3.78. The molecule has 44 heavy (non-hydrogen) atoms. The first-order valence-electron chi connectivity index (χ1n) is 14.1. The molecule has 0 radical (unpaired) electrons. The number of halogens is 2. The van der Waals surface area contributed by atoms with E-state index in [9.17, 15) is 24.3 Å². The van der Waals surface area contributed by atoms with Gasteiger partial charge in [0.15, 0.2) is 11.6 Å². The lowest BCUT2D eigenvalue weighted by atomic mass is 10.1. The van der Waals surface area contributed by atoms with Gasteiger partial charge in [-0.05, 0) is 49.8 Å². The number of oxazole rings is 1. The highest BCUT2D eigenvalue weighted by molar-refractivity contribution is 6.39. The molecule has 3 heterocycles. The largest absolute Gasteiger partial charge is 0.481 e. The third-order valence-corrected chi connectivity index (χ3v) is 7.97. The summed E-state index contributed by atoms with van der Waals surface area (Å²) in [5.74, 6) is -3.48. The molecule has 2 amide bonds. The standard InChI is InChI=1S/C31H29Cl2N5O6/c32-20-11-5-12-21(33)26(20)24-17-35-30(44-24)27(41)22(15-25(39)40)37-29(42)23-13-6-14-38(23)31(43)28-34-16-19(36-28)10-4-9-18-7-2-1-3-8-18/h1-3,5,7-8,11-12,16-17,22-23H,4,6,9-10,13-15H2,(H,34,36)(H,37,42)(H,39,40)/t22-,23-/m0/s1. The molecule has 0 aliphatic carbocycles. The lowest BCUT2D eigenvalue weighted by Gasteiger charge is -2.25. The number of carboxylic acid groups (broad SMARTS) is 1. The van der Waals surface area contributed by atoms with Crippen molar-refractivity contribution in [2.45, 2.75) is 50.6 Å². The lowest BCUT2D eigenvalue weighted by Crippen LogP contribution is -2.51. The number of likely N-dealkylation sites (tertiary alicyclic amines) is 1. The van der Waals surface area contributed by atoms with Crippen molar-refractivity contribution in [3.05, 3.63) is 93.9 Å². The van der Waals surface area contributed by atoms with Crippen molar-refractivity contribution in [3.8, 4) is 11.3 Å². The molecule has 1 fully saturated rings. The highest BCUT2D eigenvalue weighted by Crippen LogP contribution is 2.35. The van der Waals surface area contributed by atoms with Crippen molar-refractivity contribution in [3.63, 3.8) is 0 Å². The Labute approximate surface area is 262 Å². The van der Waals surface area contributed by atoms with E-state index in [1.165, 1.54) is 16.7 Å². The van der Waals surface area contributed by atoms with Gasteiger partial charge in [0.05, 0.1) is 28.2 Å². The van der Waals surface area contributed by atoms with Crippen LogP contribution in [0.5, 0.6) is 0 Å². The van der Waals surface area contributed by atoms with Crippen LogP contribution >= 0.6 is 23.2 Å². The number of hydrogen-bond acceptors (Lipinski definition) is 7. The van der Waals surface area contributed by atoms with E-state index in [-0.39, 0.29) is 21.6 Å². The van der Waals surface area contributed by atoms with E-state index in [0.717, 1.165) is 18.5 Å². The molecule has 0 unspecified atom stereocenters. The van der Waals surface area contributed by atoms with Crippen molar-refractivity contribution in [1.82, 2.24) is 25.2 Å². The van der Waals surface area contributed by atoms with Crippen molar-refractivity contribution < 1.29 is 28.7 Å². The van der Waals surface area contributed by atoms with Gasteiger partial charge in [0.2, 0.25) is 11.7 Å². The second kappa shape index (κ2) is 13.9. The Morgan fingerprint density at radius 1 is 1.02 bits per heavy atom.